The molecule has 0 bridgehead atoms. The van der Waals surface area contributed by atoms with Crippen molar-refractivity contribution in [2.75, 3.05) is 0 Å². The normalized spacial score (nSPS) is 11.5. The highest BCUT2D eigenvalue weighted by atomic mass is 15.0. The van der Waals surface area contributed by atoms with Crippen molar-refractivity contribution in [3.8, 4) is 146 Å². The zero-order chi connectivity index (χ0) is 71.4. The Hall–Kier alpha value is -14.5. The van der Waals surface area contributed by atoms with E-state index >= 15 is 0 Å². The maximum absolute atomic E-state index is 5.27. The summed E-state index contributed by atoms with van der Waals surface area (Å²) in [6.07, 6.45) is 0. The number of benzene rings is 18. The van der Waals surface area contributed by atoms with Crippen LogP contribution < -0.4 is 0 Å². The van der Waals surface area contributed by atoms with Gasteiger partial charge in [0, 0.05) is 33.4 Å². The monoisotopic (exact) mass is 1370 g/mol. The van der Waals surface area contributed by atoms with Gasteiger partial charge >= 0.3 is 0 Å². The minimum Gasteiger partial charge on any atom is -0.208 e. The predicted molar refractivity (Wildman–Crippen MR) is 449 cm³/mol. The summed E-state index contributed by atoms with van der Waals surface area (Å²) in [6.45, 7) is 0. The second-order valence-electron chi connectivity index (χ2n) is 27.8. The van der Waals surface area contributed by atoms with Gasteiger partial charge < -0.3 is 0 Å². The van der Waals surface area contributed by atoms with Gasteiger partial charge in [0.2, 0.25) is 0 Å². The molecule has 502 valence electrons. The van der Waals surface area contributed by atoms with Crippen LogP contribution in [0.15, 0.2) is 388 Å². The third kappa shape index (κ3) is 12.2. The van der Waals surface area contributed by atoms with E-state index in [4.69, 9.17) is 29.9 Å². The molecule has 0 amide bonds. The molecule has 0 unspecified atom stereocenters. The van der Waals surface area contributed by atoms with Gasteiger partial charge in [-0.2, -0.15) is 0 Å². The largest absolute Gasteiger partial charge is 0.208 e. The molecule has 0 aliphatic heterocycles. The Morgan fingerprint density at radius 1 is 0.111 bits per heavy atom. The first-order valence-electron chi connectivity index (χ1n) is 36.6. The number of hydrogen-bond acceptors (Lipinski definition) is 6. The average molecular weight is 1370 g/mol. The summed E-state index contributed by atoms with van der Waals surface area (Å²) in [7, 11) is 0. The molecule has 2 heterocycles. The van der Waals surface area contributed by atoms with Gasteiger partial charge in [-0.05, 0) is 203 Å². The fraction of sp³-hybridized carbons (Fsp3) is 0. The molecule has 0 fully saturated rings. The van der Waals surface area contributed by atoms with Crippen molar-refractivity contribution in [1.82, 2.24) is 29.9 Å². The minimum absolute atomic E-state index is 0.608. The minimum atomic E-state index is 0.608. The van der Waals surface area contributed by atoms with Crippen molar-refractivity contribution < 1.29 is 0 Å². The second-order valence-corrected chi connectivity index (χ2v) is 27.8. The molecule has 2 aromatic heterocycles. The van der Waals surface area contributed by atoms with Crippen LogP contribution in [0.5, 0.6) is 0 Å². The highest BCUT2D eigenvalue weighted by molar-refractivity contribution is 6.00. The first-order valence-corrected chi connectivity index (χ1v) is 36.6. The quantitative estimate of drug-likeness (QED) is 0.114. The molecule has 108 heavy (non-hydrogen) atoms. The summed E-state index contributed by atoms with van der Waals surface area (Å²) in [5.74, 6) is 3.67. The highest BCUT2D eigenvalue weighted by Crippen LogP contribution is 2.39. The van der Waals surface area contributed by atoms with Crippen LogP contribution in [0.4, 0.5) is 0 Å². The van der Waals surface area contributed by atoms with E-state index < -0.39 is 0 Å². The van der Waals surface area contributed by atoms with Crippen LogP contribution in [-0.2, 0) is 0 Å². The lowest BCUT2D eigenvalue weighted by atomic mass is 9.94. The first kappa shape index (κ1) is 63.2. The number of nitrogens with zero attached hydrogens (tertiary/aromatic N) is 6. The number of rotatable bonds is 13. The summed E-state index contributed by atoms with van der Waals surface area (Å²) in [5.41, 5.74) is 21.6. The molecule has 0 aliphatic rings. The van der Waals surface area contributed by atoms with E-state index in [-0.39, 0.29) is 0 Å². The third-order valence-corrected chi connectivity index (χ3v) is 21.1. The van der Waals surface area contributed by atoms with E-state index in [1.165, 1.54) is 49.4 Å². The zero-order valence-corrected chi connectivity index (χ0v) is 58.6. The van der Waals surface area contributed by atoms with Gasteiger partial charge in [0.15, 0.2) is 34.9 Å². The average Bonchev–Trinajstić information content (AvgIpc) is 0.858. The Morgan fingerprint density at radius 3 is 0.694 bits per heavy atom. The van der Waals surface area contributed by atoms with Gasteiger partial charge in [-0.25, -0.2) is 29.9 Å². The van der Waals surface area contributed by atoms with Crippen molar-refractivity contribution in [3.05, 3.63) is 388 Å². The number of hydrogen-bond donors (Lipinski definition) is 0. The zero-order valence-electron chi connectivity index (χ0n) is 58.6. The smallest absolute Gasteiger partial charge is 0.164 e. The van der Waals surface area contributed by atoms with Crippen molar-refractivity contribution in [2.45, 2.75) is 0 Å². The molecule has 18 aromatic carbocycles. The maximum Gasteiger partial charge on any atom is 0.164 e. The highest BCUT2D eigenvalue weighted by Gasteiger charge is 2.19. The number of fused-ring (bicyclic) bond motifs is 6. The van der Waals surface area contributed by atoms with Crippen LogP contribution >= 0.6 is 0 Å². The van der Waals surface area contributed by atoms with Crippen LogP contribution in [0.25, 0.3) is 211 Å². The lowest BCUT2D eigenvalue weighted by Crippen LogP contribution is -2.00. The second kappa shape index (κ2) is 27.0. The lowest BCUT2D eigenvalue weighted by Gasteiger charge is -2.12. The molecule has 6 nitrogen and oxygen atoms in total. The van der Waals surface area contributed by atoms with E-state index in [0.717, 1.165) is 127 Å². The third-order valence-electron chi connectivity index (χ3n) is 21.1. The molecule has 6 heteroatoms. The van der Waals surface area contributed by atoms with Crippen molar-refractivity contribution >= 4 is 64.6 Å². The number of aromatic nitrogens is 6. The van der Waals surface area contributed by atoms with Gasteiger partial charge in [-0.3, -0.25) is 0 Å². The molecule has 0 radical (unpaired) electrons. The van der Waals surface area contributed by atoms with Gasteiger partial charge in [0.25, 0.3) is 0 Å². The van der Waals surface area contributed by atoms with Gasteiger partial charge in [0.05, 0.1) is 0 Å². The molecule has 20 aromatic rings. The van der Waals surface area contributed by atoms with Crippen LogP contribution in [-0.4, -0.2) is 29.9 Å². The first-order chi connectivity index (χ1) is 53.4. The SMILES string of the molecule is c1ccc(-c2ccc3cc(-c4nc(-c5ccc(-c6cccc7ccccc67)cc5)nc(-c5ccc6cc(-c7cccc(-c8cccc(-c9ccc%10cc(-c%11nc(-c%12ccc(-c%13cccc%14ccccc%13%14)cc%12)nc(-c%12ccc%13ccc(-c%14ccccc%14)cc%13c%12)n%11)ccc%10c9)c8)c7)ccc6c5)n4)ccc3c2)cc1. The van der Waals surface area contributed by atoms with E-state index in [9.17, 15) is 0 Å². The van der Waals surface area contributed by atoms with E-state index in [2.05, 4.69) is 388 Å². The Labute approximate surface area is 625 Å². The Balaban J connectivity index is 0.589. The van der Waals surface area contributed by atoms with Crippen molar-refractivity contribution in [3.63, 3.8) is 0 Å². The lowest BCUT2D eigenvalue weighted by molar-refractivity contribution is 1.07. The Bertz CT molecular complexity index is 6900. The summed E-state index contributed by atoms with van der Waals surface area (Å²) >= 11 is 0. The molecule has 0 saturated carbocycles. The Morgan fingerprint density at radius 2 is 0.333 bits per heavy atom. The molecule has 20 rings (SSSR count). The topological polar surface area (TPSA) is 77.3 Å². The molecule has 0 spiro atoms. The van der Waals surface area contributed by atoms with E-state index in [1.54, 1.807) is 0 Å². The van der Waals surface area contributed by atoms with Crippen LogP contribution in [0, 0.1) is 0 Å². The molecular weight excluding hydrogens is 1310 g/mol. The Kier molecular flexibility index (Phi) is 15.8. The van der Waals surface area contributed by atoms with Gasteiger partial charge in [-0.15, -0.1) is 0 Å². The van der Waals surface area contributed by atoms with Crippen LogP contribution in [0.2, 0.25) is 0 Å². The molecule has 0 saturated heterocycles. The van der Waals surface area contributed by atoms with Gasteiger partial charge in [0.1, 0.15) is 0 Å². The van der Waals surface area contributed by atoms with Crippen LogP contribution in [0.3, 0.4) is 0 Å². The van der Waals surface area contributed by atoms with E-state index in [1.807, 2.05) is 0 Å². The van der Waals surface area contributed by atoms with Crippen molar-refractivity contribution in [1.29, 1.82) is 0 Å². The standard InChI is InChI=1S/C102H64N6/c1-3-15-65(16-4-1)78-42-43-85-60-88(52-48-82(85)57-78)99-103-97(72-37-33-70(34-38-72)95-29-13-21-68-19-7-9-27-93(68)95)104-100(107-99)89-53-49-83-58-80(44-46-86(83)61-89)76-25-11-23-74(55-76)75-24-12-26-77(56-75)81-45-47-87-62-90(54-50-84(87)59-81)101-105-98(73-39-35-71(36-40-73)96-30-14-22-69-20-8-10-28-94(69)96)106-102(108-101)91-51-32-67-31-41-79(63-92(67)64-91)66-17-5-2-6-18-66/h1-64H. The maximum atomic E-state index is 5.27. The fourth-order valence-electron chi connectivity index (χ4n) is 15.4. The molecule has 0 N–H and O–H groups in total. The van der Waals surface area contributed by atoms with Crippen LogP contribution in [0.1, 0.15) is 0 Å². The molecule has 0 atom stereocenters. The van der Waals surface area contributed by atoms with Gasteiger partial charge in [-0.1, -0.05) is 328 Å². The molecule has 0 aliphatic carbocycles. The molecular formula is C102H64N6. The van der Waals surface area contributed by atoms with Crippen molar-refractivity contribution in [2.24, 2.45) is 0 Å². The summed E-state index contributed by atoms with van der Waals surface area (Å²) in [4.78, 5) is 31.5. The summed E-state index contributed by atoms with van der Waals surface area (Å²) < 4.78 is 0. The van der Waals surface area contributed by atoms with E-state index in [0.29, 0.717) is 34.9 Å². The summed E-state index contributed by atoms with van der Waals surface area (Å²) in [6, 6.07) is 139. The fourth-order valence-corrected chi connectivity index (χ4v) is 15.4. The summed E-state index contributed by atoms with van der Waals surface area (Å²) in [5, 5.41) is 13.8. The predicted octanol–water partition coefficient (Wildman–Crippen LogP) is 26.6.